The van der Waals surface area contributed by atoms with Gasteiger partial charge in [-0.15, -0.1) is 0 Å². The summed E-state index contributed by atoms with van der Waals surface area (Å²) in [5.41, 5.74) is 3.64. The minimum absolute atomic E-state index is 0.146. The van der Waals surface area contributed by atoms with Crippen LogP contribution in [0.4, 0.5) is 0 Å². The molecule has 0 radical (unpaired) electrons. The first kappa shape index (κ1) is 13.1. The highest BCUT2D eigenvalue weighted by Crippen LogP contribution is 2.24. The van der Waals surface area contributed by atoms with Gasteiger partial charge in [-0.05, 0) is 42.2 Å². The van der Waals surface area contributed by atoms with Crippen LogP contribution in [0.1, 0.15) is 22.6 Å². The number of rotatable bonds is 4. The topological polar surface area (TPSA) is 20.2 Å². The summed E-state index contributed by atoms with van der Waals surface area (Å²) >= 11 is 5.87. The van der Waals surface area contributed by atoms with Crippen LogP contribution < -0.4 is 0 Å². The molecule has 18 heavy (non-hydrogen) atoms. The summed E-state index contributed by atoms with van der Waals surface area (Å²) in [7, 11) is 0. The van der Waals surface area contributed by atoms with Crippen molar-refractivity contribution < 1.29 is 5.11 Å². The molecule has 1 unspecified atom stereocenters. The number of hydrogen-bond acceptors (Lipinski definition) is 1. The number of halogens is 1. The van der Waals surface area contributed by atoms with Crippen molar-refractivity contribution in [2.75, 3.05) is 6.61 Å². The maximum absolute atomic E-state index is 9.59. The number of aliphatic hydroxyl groups is 1. The van der Waals surface area contributed by atoms with E-state index in [9.17, 15) is 5.11 Å². The third-order valence-corrected chi connectivity index (χ3v) is 3.50. The Labute approximate surface area is 113 Å². The SMILES string of the molecule is Cc1ccccc1C(CO)Cc1ccc(Cl)cc1. The van der Waals surface area contributed by atoms with Crippen LogP contribution in [0.15, 0.2) is 48.5 Å². The fraction of sp³-hybridized carbons (Fsp3) is 0.250. The van der Waals surface area contributed by atoms with Crippen LogP contribution in [0, 0.1) is 6.92 Å². The molecule has 0 fully saturated rings. The molecule has 2 aromatic rings. The zero-order valence-electron chi connectivity index (χ0n) is 10.4. The highest BCUT2D eigenvalue weighted by Gasteiger charge is 2.13. The van der Waals surface area contributed by atoms with E-state index in [0.29, 0.717) is 0 Å². The minimum Gasteiger partial charge on any atom is -0.396 e. The van der Waals surface area contributed by atoms with Gasteiger partial charge in [0.2, 0.25) is 0 Å². The van der Waals surface area contributed by atoms with Crippen molar-refractivity contribution in [3.05, 3.63) is 70.2 Å². The molecule has 0 saturated carbocycles. The lowest BCUT2D eigenvalue weighted by Gasteiger charge is -2.17. The quantitative estimate of drug-likeness (QED) is 0.882. The molecule has 1 N–H and O–H groups in total. The normalized spacial score (nSPS) is 12.4. The first-order chi connectivity index (χ1) is 8.70. The average Bonchev–Trinajstić information content (AvgIpc) is 2.39. The molecule has 0 bridgehead atoms. The molecule has 0 heterocycles. The van der Waals surface area contributed by atoms with Gasteiger partial charge >= 0.3 is 0 Å². The number of aryl methyl sites for hydroxylation is 1. The van der Waals surface area contributed by atoms with Crippen molar-refractivity contribution in [3.63, 3.8) is 0 Å². The number of aliphatic hydroxyl groups excluding tert-OH is 1. The fourth-order valence-electron chi connectivity index (χ4n) is 2.22. The van der Waals surface area contributed by atoms with Crippen LogP contribution >= 0.6 is 11.6 Å². The van der Waals surface area contributed by atoms with Gasteiger partial charge in [-0.1, -0.05) is 48.0 Å². The Kier molecular flexibility index (Phi) is 4.40. The van der Waals surface area contributed by atoms with E-state index in [0.717, 1.165) is 11.4 Å². The smallest absolute Gasteiger partial charge is 0.0503 e. The zero-order valence-corrected chi connectivity index (χ0v) is 11.2. The van der Waals surface area contributed by atoms with E-state index in [-0.39, 0.29) is 12.5 Å². The first-order valence-electron chi connectivity index (χ1n) is 6.11. The van der Waals surface area contributed by atoms with E-state index >= 15 is 0 Å². The first-order valence-corrected chi connectivity index (χ1v) is 6.49. The van der Waals surface area contributed by atoms with E-state index in [1.165, 1.54) is 16.7 Å². The van der Waals surface area contributed by atoms with Crippen LogP contribution in [0.5, 0.6) is 0 Å². The molecule has 2 heteroatoms. The standard InChI is InChI=1S/C16H17ClO/c1-12-4-2-3-5-16(12)14(11-18)10-13-6-8-15(17)9-7-13/h2-9,14,18H,10-11H2,1H3. The molecule has 0 amide bonds. The van der Waals surface area contributed by atoms with E-state index in [1.54, 1.807) is 0 Å². The van der Waals surface area contributed by atoms with Gasteiger partial charge in [-0.25, -0.2) is 0 Å². The van der Waals surface area contributed by atoms with Gasteiger partial charge < -0.3 is 5.11 Å². The monoisotopic (exact) mass is 260 g/mol. The molecule has 0 aliphatic carbocycles. The van der Waals surface area contributed by atoms with Gasteiger partial charge in [0.1, 0.15) is 0 Å². The Hall–Kier alpha value is -1.31. The maximum Gasteiger partial charge on any atom is 0.0503 e. The van der Waals surface area contributed by atoms with Crippen LogP contribution in [0.2, 0.25) is 5.02 Å². The van der Waals surface area contributed by atoms with E-state index in [4.69, 9.17) is 11.6 Å². The second-order valence-corrected chi connectivity index (χ2v) is 5.00. The van der Waals surface area contributed by atoms with Gasteiger partial charge in [-0.2, -0.15) is 0 Å². The van der Waals surface area contributed by atoms with Gasteiger partial charge in [0.25, 0.3) is 0 Å². The summed E-state index contributed by atoms with van der Waals surface area (Å²) < 4.78 is 0. The van der Waals surface area contributed by atoms with Crippen molar-refractivity contribution in [2.45, 2.75) is 19.3 Å². The third kappa shape index (κ3) is 3.12. The Bertz CT molecular complexity index is 505. The molecule has 94 valence electrons. The minimum atomic E-state index is 0.146. The summed E-state index contributed by atoms with van der Waals surface area (Å²) in [6.07, 6.45) is 0.832. The summed E-state index contributed by atoms with van der Waals surface area (Å²) in [5.74, 6) is 0.146. The van der Waals surface area contributed by atoms with Crippen molar-refractivity contribution in [1.82, 2.24) is 0 Å². The molecule has 0 aromatic heterocycles. The Morgan fingerprint density at radius 1 is 1.06 bits per heavy atom. The van der Waals surface area contributed by atoms with E-state index in [1.807, 2.05) is 36.4 Å². The molecule has 1 atom stereocenters. The Morgan fingerprint density at radius 2 is 1.72 bits per heavy atom. The van der Waals surface area contributed by atoms with Crippen LogP contribution in [-0.2, 0) is 6.42 Å². The van der Waals surface area contributed by atoms with Gasteiger partial charge in [0.15, 0.2) is 0 Å². The molecular weight excluding hydrogens is 244 g/mol. The molecule has 0 aliphatic heterocycles. The summed E-state index contributed by atoms with van der Waals surface area (Å²) in [6.45, 7) is 2.24. The van der Waals surface area contributed by atoms with Gasteiger partial charge in [-0.3, -0.25) is 0 Å². The largest absolute Gasteiger partial charge is 0.396 e. The van der Waals surface area contributed by atoms with Crippen molar-refractivity contribution in [1.29, 1.82) is 0 Å². The summed E-state index contributed by atoms with van der Waals surface area (Å²) in [4.78, 5) is 0. The highest BCUT2D eigenvalue weighted by atomic mass is 35.5. The van der Waals surface area contributed by atoms with Crippen molar-refractivity contribution in [3.8, 4) is 0 Å². The van der Waals surface area contributed by atoms with Crippen LogP contribution in [0.25, 0.3) is 0 Å². The molecule has 0 aliphatic rings. The molecule has 0 spiro atoms. The van der Waals surface area contributed by atoms with Crippen LogP contribution in [-0.4, -0.2) is 11.7 Å². The molecule has 2 rings (SSSR count). The van der Waals surface area contributed by atoms with Crippen molar-refractivity contribution in [2.24, 2.45) is 0 Å². The van der Waals surface area contributed by atoms with Gasteiger partial charge in [0, 0.05) is 10.9 Å². The molecule has 1 nitrogen and oxygen atoms in total. The summed E-state index contributed by atoms with van der Waals surface area (Å²) in [5, 5.41) is 10.3. The van der Waals surface area contributed by atoms with Crippen molar-refractivity contribution >= 4 is 11.6 Å². The lowest BCUT2D eigenvalue weighted by molar-refractivity contribution is 0.264. The number of hydrogen-bond donors (Lipinski definition) is 1. The Morgan fingerprint density at radius 3 is 2.33 bits per heavy atom. The fourth-order valence-corrected chi connectivity index (χ4v) is 2.35. The van der Waals surface area contributed by atoms with E-state index in [2.05, 4.69) is 19.1 Å². The molecule has 0 saturated heterocycles. The molecular formula is C16H17ClO. The second kappa shape index (κ2) is 6.03. The zero-order chi connectivity index (χ0) is 13.0. The Balaban J connectivity index is 2.20. The predicted molar refractivity (Wildman–Crippen MR) is 76.2 cm³/mol. The molecule has 2 aromatic carbocycles. The van der Waals surface area contributed by atoms with Gasteiger partial charge in [0.05, 0.1) is 6.61 Å². The lowest BCUT2D eigenvalue weighted by atomic mass is 9.90. The average molecular weight is 261 g/mol. The lowest BCUT2D eigenvalue weighted by Crippen LogP contribution is -2.09. The maximum atomic E-state index is 9.59. The highest BCUT2D eigenvalue weighted by molar-refractivity contribution is 6.30. The number of benzene rings is 2. The summed E-state index contributed by atoms with van der Waals surface area (Å²) in [6, 6.07) is 16.0. The predicted octanol–water partition coefficient (Wildman–Crippen LogP) is 3.97. The second-order valence-electron chi connectivity index (χ2n) is 4.57. The van der Waals surface area contributed by atoms with E-state index < -0.39 is 0 Å². The third-order valence-electron chi connectivity index (χ3n) is 3.24. The van der Waals surface area contributed by atoms with Crippen LogP contribution in [0.3, 0.4) is 0 Å².